The van der Waals surface area contributed by atoms with Gasteiger partial charge >= 0.3 is 0 Å². The van der Waals surface area contributed by atoms with Crippen molar-refractivity contribution in [3.63, 3.8) is 0 Å². The number of hydrogen-bond acceptors (Lipinski definition) is 6. The molecule has 6 nitrogen and oxygen atoms in total. The van der Waals surface area contributed by atoms with Gasteiger partial charge in [0.2, 0.25) is 11.0 Å². The smallest absolute Gasteiger partial charge is 0.241 e. The van der Waals surface area contributed by atoms with E-state index >= 15 is 0 Å². The van der Waals surface area contributed by atoms with Crippen LogP contribution in [0.1, 0.15) is 35.9 Å². The number of carbonyl (C=O) groups is 1. The van der Waals surface area contributed by atoms with Crippen LogP contribution in [-0.4, -0.2) is 40.6 Å². The van der Waals surface area contributed by atoms with E-state index < -0.39 is 0 Å². The summed E-state index contributed by atoms with van der Waals surface area (Å²) in [7, 11) is 0. The Balaban J connectivity index is 1.66. The molecule has 3 rings (SSSR count). The van der Waals surface area contributed by atoms with Gasteiger partial charge in [-0.1, -0.05) is 29.9 Å². The zero-order chi connectivity index (χ0) is 17.6. The van der Waals surface area contributed by atoms with Crippen LogP contribution in [0, 0.1) is 5.82 Å². The largest absolute Gasteiger partial charge is 0.374 e. The molecule has 0 bridgehead atoms. The third-order valence-electron chi connectivity index (χ3n) is 4.31. The van der Waals surface area contributed by atoms with Crippen LogP contribution in [0.2, 0.25) is 0 Å². The maximum Gasteiger partial charge on any atom is 0.241 e. The van der Waals surface area contributed by atoms with Crippen LogP contribution in [0.5, 0.6) is 0 Å². The van der Waals surface area contributed by atoms with E-state index in [0.29, 0.717) is 18.1 Å². The van der Waals surface area contributed by atoms with E-state index in [1.807, 2.05) is 0 Å². The first kappa shape index (κ1) is 17.8. The molecular formula is C17H22FN5OS. The molecule has 0 radical (unpaired) electrons. The molecule has 1 aromatic heterocycles. The molecule has 1 saturated heterocycles. The van der Waals surface area contributed by atoms with Crippen LogP contribution in [-0.2, 0) is 11.2 Å². The summed E-state index contributed by atoms with van der Waals surface area (Å²) in [6.07, 6.45) is 3.94. The van der Waals surface area contributed by atoms with E-state index in [2.05, 4.69) is 20.4 Å². The van der Waals surface area contributed by atoms with Gasteiger partial charge in [-0.15, -0.1) is 10.2 Å². The summed E-state index contributed by atoms with van der Waals surface area (Å²) in [4.78, 5) is 15.0. The highest BCUT2D eigenvalue weighted by atomic mass is 32.1. The standard InChI is InChI=1S/C17H22FN5OS/c18-13-6-4-12(5-7-13)15(23-10-2-1-3-11-23)16(24)20-9-8-14-21-22-17(19)25-14/h4-7,15H,1-3,8-11H2,(H2,19,22)(H,20,24). The molecule has 1 aliphatic heterocycles. The van der Waals surface area contributed by atoms with Gasteiger partial charge in [0.15, 0.2) is 0 Å². The van der Waals surface area contributed by atoms with Gasteiger partial charge in [0.25, 0.3) is 0 Å². The molecule has 0 saturated carbocycles. The van der Waals surface area contributed by atoms with Crippen LogP contribution >= 0.6 is 11.3 Å². The second-order valence-electron chi connectivity index (χ2n) is 6.13. The average Bonchev–Trinajstić information content (AvgIpc) is 3.03. The highest BCUT2D eigenvalue weighted by Gasteiger charge is 2.28. The first-order valence-electron chi connectivity index (χ1n) is 8.48. The number of halogens is 1. The average molecular weight is 363 g/mol. The van der Waals surface area contributed by atoms with Crippen LogP contribution < -0.4 is 11.1 Å². The monoisotopic (exact) mass is 363 g/mol. The van der Waals surface area contributed by atoms with E-state index in [9.17, 15) is 9.18 Å². The highest BCUT2D eigenvalue weighted by Crippen LogP contribution is 2.25. The number of nitrogen functional groups attached to an aromatic ring is 1. The molecule has 25 heavy (non-hydrogen) atoms. The summed E-state index contributed by atoms with van der Waals surface area (Å²) in [5.74, 6) is -0.360. The number of aromatic nitrogens is 2. The van der Waals surface area contributed by atoms with Gasteiger partial charge in [-0.25, -0.2) is 4.39 Å². The van der Waals surface area contributed by atoms with Gasteiger partial charge in [0.05, 0.1) is 0 Å². The normalized spacial score (nSPS) is 16.5. The van der Waals surface area contributed by atoms with Crippen molar-refractivity contribution in [2.24, 2.45) is 0 Å². The molecule has 1 aromatic carbocycles. The number of amides is 1. The maximum atomic E-state index is 13.2. The Morgan fingerprint density at radius 1 is 1.24 bits per heavy atom. The first-order chi connectivity index (χ1) is 12.1. The topological polar surface area (TPSA) is 84.1 Å². The minimum absolute atomic E-state index is 0.0639. The molecule has 0 aliphatic carbocycles. The van der Waals surface area contributed by atoms with Crippen molar-refractivity contribution in [1.29, 1.82) is 0 Å². The Bertz CT molecular complexity index is 699. The van der Waals surface area contributed by atoms with Gasteiger partial charge < -0.3 is 11.1 Å². The van der Waals surface area contributed by atoms with Crippen molar-refractivity contribution in [3.8, 4) is 0 Å². The molecule has 1 fully saturated rings. The van der Waals surface area contributed by atoms with Gasteiger partial charge in [-0.3, -0.25) is 9.69 Å². The van der Waals surface area contributed by atoms with E-state index in [0.717, 1.165) is 36.5 Å². The Labute approximate surface area is 150 Å². The molecule has 1 unspecified atom stereocenters. The lowest BCUT2D eigenvalue weighted by molar-refractivity contribution is -0.127. The van der Waals surface area contributed by atoms with Gasteiger partial charge in [0.1, 0.15) is 16.9 Å². The molecule has 1 aliphatic rings. The van der Waals surface area contributed by atoms with Gasteiger partial charge in [0, 0.05) is 13.0 Å². The number of nitrogens with one attached hydrogen (secondary N) is 1. The predicted molar refractivity (Wildman–Crippen MR) is 95.6 cm³/mol. The molecule has 8 heteroatoms. The number of nitrogens with zero attached hydrogens (tertiary/aromatic N) is 3. The summed E-state index contributed by atoms with van der Waals surface area (Å²) >= 11 is 1.33. The summed E-state index contributed by atoms with van der Waals surface area (Å²) in [5.41, 5.74) is 6.38. The summed E-state index contributed by atoms with van der Waals surface area (Å²) in [6, 6.07) is 5.81. The SMILES string of the molecule is Nc1nnc(CCNC(=O)C(c2ccc(F)cc2)N2CCCCC2)s1. The lowest BCUT2D eigenvalue weighted by atomic mass is 10.0. The van der Waals surface area contributed by atoms with Crippen LogP contribution in [0.3, 0.4) is 0 Å². The molecule has 0 spiro atoms. The molecule has 3 N–H and O–H groups in total. The second kappa shape index (κ2) is 8.35. The summed E-state index contributed by atoms with van der Waals surface area (Å²) < 4.78 is 13.2. The Morgan fingerprint density at radius 3 is 2.60 bits per heavy atom. The van der Waals surface area contributed by atoms with E-state index in [1.165, 1.54) is 29.9 Å². The fourth-order valence-corrected chi connectivity index (χ4v) is 3.72. The minimum Gasteiger partial charge on any atom is -0.374 e. The minimum atomic E-state index is -0.389. The summed E-state index contributed by atoms with van der Waals surface area (Å²) in [5, 5.41) is 11.9. The number of rotatable bonds is 6. The van der Waals surface area contributed by atoms with Crippen molar-refractivity contribution in [2.45, 2.75) is 31.7 Å². The number of piperidine rings is 1. The number of benzene rings is 1. The fraction of sp³-hybridized carbons (Fsp3) is 0.471. The predicted octanol–water partition coefficient (Wildman–Crippen LogP) is 2.15. The molecule has 1 amide bonds. The Kier molecular flexibility index (Phi) is 5.93. The second-order valence-corrected chi connectivity index (χ2v) is 7.22. The van der Waals surface area contributed by atoms with E-state index in [1.54, 1.807) is 12.1 Å². The zero-order valence-electron chi connectivity index (χ0n) is 13.9. The fourth-order valence-electron chi connectivity index (χ4n) is 3.11. The van der Waals surface area contributed by atoms with Crippen molar-refractivity contribution >= 4 is 22.4 Å². The number of anilines is 1. The van der Waals surface area contributed by atoms with Crippen molar-refractivity contribution < 1.29 is 9.18 Å². The van der Waals surface area contributed by atoms with Crippen molar-refractivity contribution in [2.75, 3.05) is 25.4 Å². The van der Waals surface area contributed by atoms with E-state index in [4.69, 9.17) is 5.73 Å². The van der Waals surface area contributed by atoms with Crippen LogP contribution in [0.15, 0.2) is 24.3 Å². The third-order valence-corrected chi connectivity index (χ3v) is 5.12. The highest BCUT2D eigenvalue weighted by molar-refractivity contribution is 7.15. The lowest BCUT2D eigenvalue weighted by Gasteiger charge is -2.33. The quantitative estimate of drug-likeness (QED) is 0.821. The molecular weight excluding hydrogens is 341 g/mol. The maximum absolute atomic E-state index is 13.2. The van der Waals surface area contributed by atoms with Crippen LogP contribution in [0.4, 0.5) is 9.52 Å². The lowest BCUT2D eigenvalue weighted by Crippen LogP contribution is -2.43. The zero-order valence-corrected chi connectivity index (χ0v) is 14.8. The summed E-state index contributed by atoms with van der Waals surface area (Å²) in [6.45, 7) is 2.23. The number of nitrogens with two attached hydrogens (primary N) is 1. The Morgan fingerprint density at radius 2 is 1.96 bits per heavy atom. The van der Waals surface area contributed by atoms with Crippen LogP contribution in [0.25, 0.3) is 0 Å². The number of hydrogen-bond donors (Lipinski definition) is 2. The third kappa shape index (κ3) is 4.73. The van der Waals surface area contributed by atoms with Crippen molar-refractivity contribution in [1.82, 2.24) is 20.4 Å². The molecule has 134 valence electrons. The molecule has 2 heterocycles. The van der Waals surface area contributed by atoms with Gasteiger partial charge in [-0.05, 0) is 43.6 Å². The van der Waals surface area contributed by atoms with E-state index in [-0.39, 0.29) is 17.8 Å². The number of likely N-dealkylation sites (tertiary alicyclic amines) is 1. The molecule has 2 aromatic rings. The van der Waals surface area contributed by atoms with Crippen molar-refractivity contribution in [3.05, 3.63) is 40.7 Å². The number of carbonyl (C=O) groups excluding carboxylic acids is 1. The Hall–Kier alpha value is -2.06. The van der Waals surface area contributed by atoms with Gasteiger partial charge in [-0.2, -0.15) is 0 Å². The first-order valence-corrected chi connectivity index (χ1v) is 9.30. The molecule has 1 atom stereocenters.